The van der Waals surface area contributed by atoms with Gasteiger partial charge in [0.25, 0.3) is 0 Å². The van der Waals surface area contributed by atoms with Gasteiger partial charge in [0.15, 0.2) is 0 Å². The molecule has 1 rings (SSSR count). The molecular formula is C10H17BrO3. The summed E-state index contributed by atoms with van der Waals surface area (Å²) in [6.07, 6.45) is 4.48. The van der Waals surface area contributed by atoms with Gasteiger partial charge in [0.2, 0.25) is 0 Å². The zero-order valence-electron chi connectivity index (χ0n) is 8.46. The Morgan fingerprint density at radius 3 is 2.57 bits per heavy atom. The lowest BCUT2D eigenvalue weighted by atomic mass is 9.82. The van der Waals surface area contributed by atoms with E-state index in [1.54, 1.807) is 6.92 Å². The summed E-state index contributed by atoms with van der Waals surface area (Å²) in [7, 11) is 0. The van der Waals surface area contributed by atoms with Crippen LogP contribution in [0, 0.1) is 0 Å². The van der Waals surface area contributed by atoms with Crippen LogP contribution in [0.2, 0.25) is 0 Å². The molecule has 0 bridgehead atoms. The summed E-state index contributed by atoms with van der Waals surface area (Å²) in [5.41, 5.74) is -0.898. The average molecular weight is 265 g/mol. The molecule has 3 nitrogen and oxygen atoms in total. The number of carbonyl (C=O) groups excluding carboxylic acids is 1. The number of rotatable bonds is 3. The molecule has 1 atom stereocenters. The number of carbonyl (C=O) groups is 1. The molecule has 1 aliphatic rings. The molecule has 1 fully saturated rings. The SMILES string of the molecule is CCOC(=O)C(Br)C1(O)CCCCC1. The maximum absolute atomic E-state index is 11.4. The predicted molar refractivity (Wildman–Crippen MR) is 57.4 cm³/mol. The first-order valence-electron chi connectivity index (χ1n) is 5.13. The molecule has 0 aromatic rings. The maximum atomic E-state index is 11.4. The van der Waals surface area contributed by atoms with Crippen LogP contribution in [0.1, 0.15) is 39.0 Å². The monoisotopic (exact) mass is 264 g/mol. The van der Waals surface area contributed by atoms with E-state index in [1.165, 1.54) is 0 Å². The van der Waals surface area contributed by atoms with Gasteiger partial charge in [0, 0.05) is 0 Å². The average Bonchev–Trinajstić information content (AvgIpc) is 2.18. The van der Waals surface area contributed by atoms with Crippen LogP contribution in [-0.2, 0) is 9.53 Å². The first kappa shape index (κ1) is 12.0. The van der Waals surface area contributed by atoms with Crippen molar-refractivity contribution in [2.24, 2.45) is 0 Å². The van der Waals surface area contributed by atoms with Crippen LogP contribution >= 0.6 is 15.9 Å². The molecular weight excluding hydrogens is 248 g/mol. The van der Waals surface area contributed by atoms with Gasteiger partial charge in [-0.15, -0.1) is 0 Å². The Bertz CT molecular complexity index is 200. The van der Waals surface area contributed by atoms with Crippen molar-refractivity contribution in [3.63, 3.8) is 0 Å². The molecule has 0 aromatic carbocycles. The van der Waals surface area contributed by atoms with Gasteiger partial charge < -0.3 is 9.84 Å². The summed E-state index contributed by atoms with van der Waals surface area (Å²) in [5, 5.41) is 10.2. The fourth-order valence-electron chi connectivity index (χ4n) is 1.85. The summed E-state index contributed by atoms with van der Waals surface area (Å²) in [5.74, 6) is -0.350. The van der Waals surface area contributed by atoms with Gasteiger partial charge in [-0.2, -0.15) is 0 Å². The molecule has 0 saturated heterocycles. The fraction of sp³-hybridized carbons (Fsp3) is 0.900. The van der Waals surface area contributed by atoms with E-state index in [0.717, 1.165) is 19.3 Å². The summed E-state index contributed by atoms with van der Waals surface area (Å²) in [4.78, 5) is 10.8. The quantitative estimate of drug-likeness (QED) is 0.627. The van der Waals surface area contributed by atoms with E-state index < -0.39 is 10.4 Å². The maximum Gasteiger partial charge on any atom is 0.322 e. The van der Waals surface area contributed by atoms with Gasteiger partial charge in [-0.3, -0.25) is 4.79 Å². The van der Waals surface area contributed by atoms with Crippen LogP contribution in [-0.4, -0.2) is 28.1 Å². The van der Waals surface area contributed by atoms with Crippen molar-refractivity contribution in [1.29, 1.82) is 0 Å². The number of esters is 1. The first-order valence-corrected chi connectivity index (χ1v) is 6.05. The van der Waals surface area contributed by atoms with E-state index >= 15 is 0 Å². The predicted octanol–water partition coefficient (Wildman–Crippen LogP) is 2.01. The Labute approximate surface area is 93.0 Å². The van der Waals surface area contributed by atoms with Crippen LogP contribution in [0.5, 0.6) is 0 Å². The summed E-state index contributed by atoms with van der Waals surface area (Å²) < 4.78 is 4.88. The number of aliphatic hydroxyl groups is 1. The molecule has 0 aromatic heterocycles. The molecule has 4 heteroatoms. The van der Waals surface area contributed by atoms with E-state index in [0.29, 0.717) is 19.4 Å². The number of halogens is 1. The molecule has 1 unspecified atom stereocenters. The minimum absolute atomic E-state index is 0.350. The van der Waals surface area contributed by atoms with Crippen molar-refractivity contribution in [1.82, 2.24) is 0 Å². The second-order valence-corrected chi connectivity index (χ2v) is 4.69. The standard InChI is InChI=1S/C10H17BrO3/c1-2-14-9(12)8(11)10(13)6-4-3-5-7-10/h8,13H,2-7H2,1H3. The highest BCUT2D eigenvalue weighted by molar-refractivity contribution is 9.10. The molecule has 0 amide bonds. The van der Waals surface area contributed by atoms with Gasteiger partial charge >= 0.3 is 5.97 Å². The van der Waals surface area contributed by atoms with Crippen LogP contribution in [0.15, 0.2) is 0 Å². The van der Waals surface area contributed by atoms with Crippen molar-refractivity contribution < 1.29 is 14.6 Å². The highest BCUT2D eigenvalue weighted by atomic mass is 79.9. The van der Waals surface area contributed by atoms with Crippen molar-refractivity contribution in [2.45, 2.75) is 49.5 Å². The molecule has 14 heavy (non-hydrogen) atoms. The molecule has 1 N–H and O–H groups in total. The van der Waals surface area contributed by atoms with E-state index in [9.17, 15) is 9.90 Å². The number of hydrogen-bond donors (Lipinski definition) is 1. The normalized spacial score (nSPS) is 22.8. The largest absolute Gasteiger partial charge is 0.465 e. The third-order valence-corrected chi connectivity index (χ3v) is 3.91. The molecule has 0 radical (unpaired) electrons. The number of ether oxygens (including phenoxy) is 1. The fourth-order valence-corrected chi connectivity index (χ4v) is 2.44. The van der Waals surface area contributed by atoms with Gasteiger partial charge in [-0.1, -0.05) is 35.2 Å². The molecule has 0 spiro atoms. The zero-order chi connectivity index (χ0) is 10.6. The molecule has 0 aliphatic heterocycles. The van der Waals surface area contributed by atoms with Crippen molar-refractivity contribution >= 4 is 21.9 Å². The number of hydrogen-bond acceptors (Lipinski definition) is 3. The van der Waals surface area contributed by atoms with Crippen molar-refractivity contribution in [3.8, 4) is 0 Å². The molecule has 82 valence electrons. The lowest BCUT2D eigenvalue weighted by Crippen LogP contribution is -2.45. The Kier molecular flexibility index (Phi) is 4.38. The van der Waals surface area contributed by atoms with Gasteiger partial charge in [-0.05, 0) is 19.8 Å². The van der Waals surface area contributed by atoms with Crippen LogP contribution in [0.3, 0.4) is 0 Å². The van der Waals surface area contributed by atoms with Crippen LogP contribution in [0.4, 0.5) is 0 Å². The minimum Gasteiger partial charge on any atom is -0.465 e. The van der Waals surface area contributed by atoms with E-state index in [4.69, 9.17) is 4.74 Å². The second kappa shape index (κ2) is 5.12. The van der Waals surface area contributed by atoms with E-state index in [-0.39, 0.29) is 5.97 Å². The third-order valence-electron chi connectivity index (χ3n) is 2.68. The summed E-state index contributed by atoms with van der Waals surface area (Å²) in [6, 6.07) is 0. The van der Waals surface area contributed by atoms with Gasteiger partial charge in [0.1, 0.15) is 4.83 Å². The highest BCUT2D eigenvalue weighted by Gasteiger charge is 2.41. The summed E-state index contributed by atoms with van der Waals surface area (Å²) >= 11 is 3.24. The summed E-state index contributed by atoms with van der Waals surface area (Å²) in [6.45, 7) is 2.12. The minimum atomic E-state index is -0.898. The second-order valence-electron chi connectivity index (χ2n) is 3.78. The van der Waals surface area contributed by atoms with Gasteiger partial charge in [0.05, 0.1) is 12.2 Å². The van der Waals surface area contributed by atoms with Gasteiger partial charge in [-0.25, -0.2) is 0 Å². The third kappa shape index (κ3) is 2.70. The Morgan fingerprint density at radius 1 is 1.50 bits per heavy atom. The topological polar surface area (TPSA) is 46.5 Å². The molecule has 1 saturated carbocycles. The van der Waals surface area contributed by atoms with Crippen LogP contribution < -0.4 is 0 Å². The van der Waals surface area contributed by atoms with Crippen molar-refractivity contribution in [3.05, 3.63) is 0 Å². The smallest absolute Gasteiger partial charge is 0.322 e. The Hall–Kier alpha value is -0.0900. The Morgan fingerprint density at radius 2 is 2.07 bits per heavy atom. The highest BCUT2D eigenvalue weighted by Crippen LogP contribution is 2.34. The molecule has 1 aliphatic carbocycles. The lowest BCUT2D eigenvalue weighted by Gasteiger charge is -2.34. The van der Waals surface area contributed by atoms with E-state index in [1.807, 2.05) is 0 Å². The lowest BCUT2D eigenvalue weighted by molar-refractivity contribution is -0.148. The van der Waals surface area contributed by atoms with Crippen LogP contribution in [0.25, 0.3) is 0 Å². The Balaban J connectivity index is 2.56. The van der Waals surface area contributed by atoms with Crippen molar-refractivity contribution in [2.75, 3.05) is 6.61 Å². The zero-order valence-corrected chi connectivity index (χ0v) is 10.0. The van der Waals surface area contributed by atoms with E-state index in [2.05, 4.69) is 15.9 Å². The first-order chi connectivity index (χ1) is 6.60. The molecule has 0 heterocycles. The number of alkyl halides is 1.